The summed E-state index contributed by atoms with van der Waals surface area (Å²) in [6.45, 7) is 0. The van der Waals surface area contributed by atoms with Crippen LogP contribution < -0.4 is 0 Å². The minimum atomic E-state index is 0.301. The Bertz CT molecular complexity index is 727. The first-order valence-corrected chi connectivity index (χ1v) is 7.97. The van der Waals surface area contributed by atoms with Gasteiger partial charge in [-0.25, -0.2) is 0 Å². The zero-order valence-corrected chi connectivity index (χ0v) is 13.1. The van der Waals surface area contributed by atoms with Gasteiger partial charge >= 0.3 is 0 Å². The Balaban J connectivity index is 1.94. The molecule has 1 unspecified atom stereocenters. The molecule has 3 rings (SSSR count). The van der Waals surface area contributed by atoms with Crippen LogP contribution in [-0.4, -0.2) is 5.88 Å². The summed E-state index contributed by atoms with van der Waals surface area (Å²) < 4.78 is 0. The van der Waals surface area contributed by atoms with Crippen molar-refractivity contribution in [1.29, 1.82) is 0 Å². The van der Waals surface area contributed by atoms with Crippen molar-refractivity contribution in [2.24, 2.45) is 0 Å². The standard InChI is InChI=1S/C19H16Cl2/c20-13-17(14-8-10-18(21)11-9-14)12-16-6-3-5-15-4-1-2-7-19(15)16/h1-11,17H,12-13H2. The van der Waals surface area contributed by atoms with E-state index in [9.17, 15) is 0 Å². The predicted octanol–water partition coefficient (Wildman–Crippen LogP) is 6.06. The lowest BCUT2D eigenvalue weighted by Crippen LogP contribution is -2.05. The van der Waals surface area contributed by atoms with Gasteiger partial charge in [-0.15, -0.1) is 11.6 Å². The molecule has 0 heterocycles. The number of rotatable bonds is 4. The molecule has 0 saturated heterocycles. The van der Waals surface area contributed by atoms with Crippen molar-refractivity contribution in [3.05, 3.63) is 82.9 Å². The Hall–Kier alpha value is -1.50. The minimum absolute atomic E-state index is 0.301. The van der Waals surface area contributed by atoms with Gasteiger partial charge in [-0.3, -0.25) is 0 Å². The summed E-state index contributed by atoms with van der Waals surface area (Å²) in [5.74, 6) is 0.903. The van der Waals surface area contributed by atoms with Gasteiger partial charge in [0, 0.05) is 16.8 Å². The highest BCUT2D eigenvalue weighted by molar-refractivity contribution is 6.30. The van der Waals surface area contributed by atoms with Crippen molar-refractivity contribution in [3.8, 4) is 0 Å². The van der Waals surface area contributed by atoms with Crippen molar-refractivity contribution in [2.75, 3.05) is 5.88 Å². The predicted molar refractivity (Wildman–Crippen MR) is 92.6 cm³/mol. The molecule has 0 nitrogen and oxygen atoms in total. The molecular formula is C19H16Cl2. The lowest BCUT2D eigenvalue weighted by molar-refractivity contribution is 0.770. The number of hydrogen-bond acceptors (Lipinski definition) is 0. The van der Waals surface area contributed by atoms with E-state index in [2.05, 4.69) is 54.6 Å². The summed E-state index contributed by atoms with van der Waals surface area (Å²) in [4.78, 5) is 0. The molecule has 0 spiro atoms. The van der Waals surface area contributed by atoms with E-state index >= 15 is 0 Å². The van der Waals surface area contributed by atoms with Crippen molar-refractivity contribution >= 4 is 34.0 Å². The van der Waals surface area contributed by atoms with Gasteiger partial charge in [0.15, 0.2) is 0 Å². The summed E-state index contributed by atoms with van der Waals surface area (Å²) in [5.41, 5.74) is 2.58. The van der Waals surface area contributed by atoms with Gasteiger partial charge in [-0.05, 0) is 40.5 Å². The third kappa shape index (κ3) is 3.23. The molecule has 2 heteroatoms. The third-order valence-electron chi connectivity index (χ3n) is 3.87. The molecule has 1 atom stereocenters. The summed E-state index contributed by atoms with van der Waals surface area (Å²) in [5, 5.41) is 3.35. The van der Waals surface area contributed by atoms with Crippen LogP contribution in [0.4, 0.5) is 0 Å². The van der Waals surface area contributed by atoms with Gasteiger partial charge < -0.3 is 0 Å². The Kier molecular flexibility index (Phi) is 4.48. The molecule has 0 fully saturated rings. The van der Waals surface area contributed by atoms with Crippen LogP contribution in [0, 0.1) is 0 Å². The van der Waals surface area contributed by atoms with E-state index in [0.29, 0.717) is 11.8 Å². The Labute approximate surface area is 135 Å². The largest absolute Gasteiger partial charge is 0.126 e. The van der Waals surface area contributed by atoms with E-state index in [0.717, 1.165) is 11.4 Å². The lowest BCUT2D eigenvalue weighted by atomic mass is 9.91. The van der Waals surface area contributed by atoms with Gasteiger partial charge in [0.25, 0.3) is 0 Å². The van der Waals surface area contributed by atoms with Gasteiger partial charge in [0.1, 0.15) is 0 Å². The Morgan fingerprint density at radius 1 is 0.810 bits per heavy atom. The van der Waals surface area contributed by atoms with Crippen LogP contribution in [-0.2, 0) is 6.42 Å². The second-order valence-corrected chi connectivity index (χ2v) is 5.99. The highest BCUT2D eigenvalue weighted by atomic mass is 35.5. The molecule has 0 aliphatic carbocycles. The highest BCUT2D eigenvalue weighted by Crippen LogP contribution is 2.27. The van der Waals surface area contributed by atoms with E-state index < -0.39 is 0 Å². The number of alkyl halides is 1. The molecule has 3 aromatic rings. The van der Waals surface area contributed by atoms with E-state index in [1.54, 1.807) is 0 Å². The normalized spacial score (nSPS) is 12.5. The fourth-order valence-corrected chi connectivity index (χ4v) is 3.15. The van der Waals surface area contributed by atoms with E-state index in [1.165, 1.54) is 21.9 Å². The van der Waals surface area contributed by atoms with Gasteiger partial charge in [-0.1, -0.05) is 66.2 Å². The van der Waals surface area contributed by atoms with Crippen molar-refractivity contribution in [1.82, 2.24) is 0 Å². The molecule has 106 valence electrons. The van der Waals surface area contributed by atoms with E-state index in [1.807, 2.05) is 12.1 Å². The fraction of sp³-hybridized carbons (Fsp3) is 0.158. The van der Waals surface area contributed by atoms with Crippen LogP contribution in [0.5, 0.6) is 0 Å². The zero-order valence-electron chi connectivity index (χ0n) is 11.6. The van der Waals surface area contributed by atoms with Crippen LogP contribution >= 0.6 is 23.2 Å². The Morgan fingerprint density at radius 3 is 2.29 bits per heavy atom. The molecule has 0 N–H and O–H groups in total. The molecule has 0 aromatic heterocycles. The molecular weight excluding hydrogens is 299 g/mol. The number of hydrogen-bond donors (Lipinski definition) is 0. The molecule has 0 saturated carbocycles. The van der Waals surface area contributed by atoms with Crippen molar-refractivity contribution in [3.63, 3.8) is 0 Å². The van der Waals surface area contributed by atoms with Crippen molar-refractivity contribution < 1.29 is 0 Å². The quantitative estimate of drug-likeness (QED) is 0.513. The van der Waals surface area contributed by atoms with Crippen molar-refractivity contribution in [2.45, 2.75) is 12.3 Å². The second kappa shape index (κ2) is 6.51. The first-order chi connectivity index (χ1) is 10.3. The number of halogens is 2. The monoisotopic (exact) mass is 314 g/mol. The highest BCUT2D eigenvalue weighted by Gasteiger charge is 2.13. The average molecular weight is 315 g/mol. The van der Waals surface area contributed by atoms with E-state index in [4.69, 9.17) is 23.2 Å². The SMILES string of the molecule is ClCC(Cc1cccc2ccccc12)c1ccc(Cl)cc1. The zero-order chi connectivity index (χ0) is 14.7. The summed E-state index contributed by atoms with van der Waals surface area (Å²) >= 11 is 12.2. The van der Waals surface area contributed by atoms with Gasteiger partial charge in [0.2, 0.25) is 0 Å². The first kappa shape index (κ1) is 14.4. The maximum absolute atomic E-state index is 6.21. The van der Waals surface area contributed by atoms with Gasteiger partial charge in [-0.2, -0.15) is 0 Å². The maximum atomic E-state index is 6.21. The average Bonchev–Trinajstić information content (AvgIpc) is 2.54. The third-order valence-corrected chi connectivity index (χ3v) is 4.50. The maximum Gasteiger partial charge on any atom is 0.0406 e. The summed E-state index contributed by atoms with van der Waals surface area (Å²) in [6.07, 6.45) is 0.937. The van der Waals surface area contributed by atoms with Crippen LogP contribution in [0.2, 0.25) is 5.02 Å². The first-order valence-electron chi connectivity index (χ1n) is 7.06. The molecule has 0 aliphatic rings. The van der Waals surface area contributed by atoms with Crippen LogP contribution in [0.15, 0.2) is 66.7 Å². The summed E-state index contributed by atoms with van der Waals surface area (Å²) in [6, 6.07) is 22.9. The molecule has 0 bridgehead atoms. The lowest BCUT2D eigenvalue weighted by Gasteiger charge is -2.16. The fourth-order valence-electron chi connectivity index (χ4n) is 2.73. The minimum Gasteiger partial charge on any atom is -0.126 e. The topological polar surface area (TPSA) is 0 Å². The molecule has 0 amide bonds. The molecule has 3 aromatic carbocycles. The molecule has 0 radical (unpaired) electrons. The summed E-state index contributed by atoms with van der Waals surface area (Å²) in [7, 11) is 0. The molecule has 21 heavy (non-hydrogen) atoms. The second-order valence-electron chi connectivity index (χ2n) is 5.25. The number of benzene rings is 3. The molecule has 0 aliphatic heterocycles. The van der Waals surface area contributed by atoms with E-state index in [-0.39, 0.29) is 0 Å². The van der Waals surface area contributed by atoms with Crippen LogP contribution in [0.1, 0.15) is 17.0 Å². The smallest absolute Gasteiger partial charge is 0.0406 e. The van der Waals surface area contributed by atoms with Crippen LogP contribution in [0.25, 0.3) is 10.8 Å². The Morgan fingerprint density at radius 2 is 1.52 bits per heavy atom. The van der Waals surface area contributed by atoms with Gasteiger partial charge in [0.05, 0.1) is 0 Å². The van der Waals surface area contributed by atoms with Crippen LogP contribution in [0.3, 0.4) is 0 Å². The number of fused-ring (bicyclic) bond motifs is 1.